The van der Waals surface area contributed by atoms with Crippen molar-refractivity contribution < 1.29 is 29.4 Å². The molecule has 0 heterocycles. The Balaban J connectivity index is 2.98. The zero-order valence-corrected chi connectivity index (χ0v) is 21.8. The molecule has 13 nitrogen and oxygen atoms in total. The number of phenols is 1. The molecule has 0 saturated carbocycles. The molecule has 0 aliphatic heterocycles. The van der Waals surface area contributed by atoms with Crippen LogP contribution in [-0.4, -0.2) is 82.6 Å². The third-order valence-corrected chi connectivity index (χ3v) is 5.87. The summed E-state index contributed by atoms with van der Waals surface area (Å²) >= 11 is 1.45. The first-order valence-electron chi connectivity index (χ1n) is 11.7. The Bertz CT molecular complexity index is 938. The summed E-state index contributed by atoms with van der Waals surface area (Å²) in [5, 5.41) is 26.7. The molecule has 0 radical (unpaired) electrons. The summed E-state index contributed by atoms with van der Waals surface area (Å²) in [6.45, 7) is 1.70. The minimum Gasteiger partial charge on any atom is -0.508 e. The Kier molecular flexibility index (Phi) is 13.9. The first-order chi connectivity index (χ1) is 17.4. The predicted molar refractivity (Wildman–Crippen MR) is 142 cm³/mol. The number of carboxylic acid groups (broad SMARTS) is 1. The van der Waals surface area contributed by atoms with Gasteiger partial charge in [-0.2, -0.15) is 11.8 Å². The van der Waals surface area contributed by atoms with E-state index in [-0.39, 0.29) is 37.5 Å². The third kappa shape index (κ3) is 12.3. The number of benzene rings is 1. The van der Waals surface area contributed by atoms with Gasteiger partial charge in [0, 0.05) is 13.0 Å². The van der Waals surface area contributed by atoms with Crippen molar-refractivity contribution >= 4 is 41.4 Å². The maximum Gasteiger partial charge on any atom is 0.326 e. The van der Waals surface area contributed by atoms with Gasteiger partial charge in [-0.3, -0.25) is 19.4 Å². The molecular formula is C23H37N7O6S. The Labute approximate surface area is 220 Å². The van der Waals surface area contributed by atoms with Crippen molar-refractivity contribution in [1.29, 1.82) is 0 Å². The van der Waals surface area contributed by atoms with Crippen LogP contribution in [-0.2, 0) is 25.6 Å². The van der Waals surface area contributed by atoms with Crippen molar-refractivity contribution in [2.45, 2.75) is 56.8 Å². The highest BCUT2D eigenvalue weighted by Gasteiger charge is 2.29. The highest BCUT2D eigenvalue weighted by Crippen LogP contribution is 2.12. The molecule has 0 aliphatic rings. The number of hydrogen-bond acceptors (Lipinski definition) is 8. The second-order valence-corrected chi connectivity index (χ2v) is 9.40. The van der Waals surface area contributed by atoms with Crippen molar-refractivity contribution in [3.05, 3.63) is 29.8 Å². The van der Waals surface area contributed by atoms with E-state index < -0.39 is 47.9 Å². The van der Waals surface area contributed by atoms with Gasteiger partial charge in [-0.1, -0.05) is 12.1 Å². The van der Waals surface area contributed by atoms with E-state index in [9.17, 15) is 29.4 Å². The van der Waals surface area contributed by atoms with Crippen LogP contribution in [0.5, 0.6) is 5.75 Å². The van der Waals surface area contributed by atoms with E-state index in [4.69, 9.17) is 17.2 Å². The fourth-order valence-electron chi connectivity index (χ4n) is 3.19. The topological polar surface area (TPSA) is 235 Å². The van der Waals surface area contributed by atoms with Gasteiger partial charge in [0.1, 0.15) is 23.9 Å². The number of phenolic OH excluding ortho intramolecular Hbond substituents is 1. The number of thioether (sulfide) groups is 1. The minimum absolute atomic E-state index is 0.0254. The van der Waals surface area contributed by atoms with Crippen molar-refractivity contribution in [1.82, 2.24) is 16.0 Å². The Morgan fingerprint density at radius 1 is 0.946 bits per heavy atom. The number of nitrogens with zero attached hydrogens (tertiary/aromatic N) is 1. The molecule has 3 amide bonds. The zero-order valence-electron chi connectivity index (χ0n) is 21.0. The average molecular weight is 540 g/mol. The summed E-state index contributed by atoms with van der Waals surface area (Å²) in [4.78, 5) is 53.9. The summed E-state index contributed by atoms with van der Waals surface area (Å²) < 4.78 is 0. The standard InChI is InChI=1S/C23H37N7O6S/c1-13(24)19(32)28-16(4-3-10-27-23(25)26)20(33)29-17(9-11-37-2)21(34)30-18(22(35)36)12-14-5-7-15(31)8-6-14/h5-8,13,16-18,31H,3-4,9-12,24H2,1-2H3,(H,28,32)(H,29,33)(H,30,34)(H,35,36)(H4,25,26,27). The predicted octanol–water partition coefficient (Wildman–Crippen LogP) is -1.37. The minimum atomic E-state index is -1.26. The number of rotatable bonds is 16. The fourth-order valence-corrected chi connectivity index (χ4v) is 3.66. The number of nitrogens with two attached hydrogens (primary N) is 3. The molecule has 206 valence electrons. The van der Waals surface area contributed by atoms with Crippen LogP contribution in [0.3, 0.4) is 0 Å². The number of hydrogen-bond donors (Lipinski definition) is 8. The summed E-state index contributed by atoms with van der Waals surface area (Å²) in [5.41, 5.74) is 16.8. The number of aliphatic imine (C=N–C) groups is 1. The molecule has 11 N–H and O–H groups in total. The average Bonchev–Trinajstić information content (AvgIpc) is 2.83. The van der Waals surface area contributed by atoms with Gasteiger partial charge in [0.05, 0.1) is 6.04 Å². The molecule has 0 aliphatic carbocycles. The highest BCUT2D eigenvalue weighted by molar-refractivity contribution is 7.98. The van der Waals surface area contributed by atoms with Crippen LogP contribution in [0.1, 0.15) is 31.7 Å². The number of aromatic hydroxyl groups is 1. The summed E-state index contributed by atoms with van der Waals surface area (Å²) in [6.07, 6.45) is 2.58. The summed E-state index contributed by atoms with van der Waals surface area (Å²) in [7, 11) is 0. The van der Waals surface area contributed by atoms with Gasteiger partial charge in [0.25, 0.3) is 0 Å². The van der Waals surface area contributed by atoms with E-state index in [2.05, 4.69) is 20.9 Å². The van der Waals surface area contributed by atoms with E-state index in [1.54, 1.807) is 12.1 Å². The lowest BCUT2D eigenvalue weighted by Crippen LogP contribution is -2.57. The van der Waals surface area contributed by atoms with E-state index >= 15 is 0 Å². The third-order valence-electron chi connectivity index (χ3n) is 5.23. The molecule has 4 unspecified atom stereocenters. The molecule has 0 fully saturated rings. The first-order valence-corrected chi connectivity index (χ1v) is 13.1. The van der Waals surface area contributed by atoms with Gasteiger partial charge in [-0.05, 0) is 55.9 Å². The molecule has 0 aromatic heterocycles. The van der Waals surface area contributed by atoms with Crippen LogP contribution in [0.4, 0.5) is 0 Å². The lowest BCUT2D eigenvalue weighted by atomic mass is 10.0. The second-order valence-electron chi connectivity index (χ2n) is 8.41. The molecule has 37 heavy (non-hydrogen) atoms. The zero-order chi connectivity index (χ0) is 28.0. The lowest BCUT2D eigenvalue weighted by molar-refractivity contribution is -0.142. The maximum atomic E-state index is 13.1. The number of carbonyl (C=O) groups excluding carboxylic acids is 3. The SMILES string of the molecule is CSCCC(NC(=O)C(CCCN=C(N)N)NC(=O)C(C)N)C(=O)NC(Cc1ccc(O)cc1)C(=O)O. The molecule has 4 atom stereocenters. The number of carboxylic acids is 1. The monoisotopic (exact) mass is 539 g/mol. The van der Waals surface area contributed by atoms with Gasteiger partial charge in [-0.25, -0.2) is 4.79 Å². The maximum absolute atomic E-state index is 13.1. The van der Waals surface area contributed by atoms with Crippen LogP contribution in [0, 0.1) is 0 Å². The van der Waals surface area contributed by atoms with E-state index in [1.807, 2.05) is 6.26 Å². The molecule has 0 saturated heterocycles. The van der Waals surface area contributed by atoms with Gasteiger partial charge < -0.3 is 43.4 Å². The molecule has 1 aromatic rings. The molecule has 1 rings (SSSR count). The Hall–Kier alpha value is -3.52. The van der Waals surface area contributed by atoms with Crippen LogP contribution >= 0.6 is 11.8 Å². The number of aliphatic carboxylic acids is 1. The van der Waals surface area contributed by atoms with Crippen LogP contribution in [0.25, 0.3) is 0 Å². The number of carbonyl (C=O) groups is 4. The largest absolute Gasteiger partial charge is 0.508 e. The van der Waals surface area contributed by atoms with Crippen molar-refractivity contribution in [2.24, 2.45) is 22.2 Å². The van der Waals surface area contributed by atoms with E-state index in [0.717, 1.165) is 0 Å². The number of guanidine groups is 1. The lowest BCUT2D eigenvalue weighted by Gasteiger charge is -2.25. The molecular weight excluding hydrogens is 502 g/mol. The molecule has 1 aromatic carbocycles. The van der Waals surface area contributed by atoms with Crippen LogP contribution in [0.15, 0.2) is 29.3 Å². The molecule has 0 bridgehead atoms. The van der Waals surface area contributed by atoms with Gasteiger partial charge in [0.2, 0.25) is 17.7 Å². The van der Waals surface area contributed by atoms with Crippen molar-refractivity contribution in [2.75, 3.05) is 18.6 Å². The molecule has 0 spiro atoms. The number of amides is 3. The van der Waals surface area contributed by atoms with E-state index in [0.29, 0.717) is 17.7 Å². The Morgan fingerprint density at radius 2 is 1.49 bits per heavy atom. The summed E-state index contributed by atoms with van der Waals surface area (Å²) in [6, 6.07) is 1.76. The smallest absolute Gasteiger partial charge is 0.326 e. The van der Waals surface area contributed by atoms with Crippen molar-refractivity contribution in [3.8, 4) is 5.75 Å². The van der Waals surface area contributed by atoms with E-state index in [1.165, 1.54) is 30.8 Å². The van der Waals surface area contributed by atoms with Gasteiger partial charge >= 0.3 is 5.97 Å². The van der Waals surface area contributed by atoms with Crippen LogP contribution in [0.2, 0.25) is 0 Å². The van der Waals surface area contributed by atoms with Gasteiger partial charge in [-0.15, -0.1) is 0 Å². The second kappa shape index (κ2) is 16.3. The van der Waals surface area contributed by atoms with Crippen LogP contribution < -0.4 is 33.2 Å². The van der Waals surface area contributed by atoms with Gasteiger partial charge in [0.15, 0.2) is 5.96 Å². The van der Waals surface area contributed by atoms with Crippen molar-refractivity contribution in [3.63, 3.8) is 0 Å². The summed E-state index contributed by atoms with van der Waals surface area (Å²) in [5.74, 6) is -2.66. The quantitative estimate of drug-likeness (QED) is 0.0696. The highest BCUT2D eigenvalue weighted by atomic mass is 32.2. The number of nitrogens with one attached hydrogen (secondary N) is 3. The fraction of sp³-hybridized carbons (Fsp3) is 0.522. The molecule has 14 heteroatoms. The normalized spacial score (nSPS) is 13.9. The Morgan fingerprint density at radius 3 is 2.00 bits per heavy atom. The first kappa shape index (κ1) is 31.5.